The van der Waals surface area contributed by atoms with Crippen LogP contribution in [0.4, 0.5) is 4.79 Å². The summed E-state index contributed by atoms with van der Waals surface area (Å²) in [5.74, 6) is 1.95. The van der Waals surface area contributed by atoms with Gasteiger partial charge in [-0.05, 0) is 56.6 Å². The molecule has 3 fully saturated rings. The van der Waals surface area contributed by atoms with Gasteiger partial charge < -0.3 is 5.32 Å². The molecule has 154 valence electrons. The predicted molar refractivity (Wildman–Crippen MR) is 107 cm³/mol. The molecule has 0 radical (unpaired) electrons. The molecule has 2 aliphatic heterocycles. The highest BCUT2D eigenvalue weighted by Crippen LogP contribution is 2.36. The second kappa shape index (κ2) is 7.09. The number of rotatable bonds is 3. The number of imide groups is 1. The Morgan fingerprint density at radius 2 is 1.86 bits per heavy atom. The molecule has 1 aliphatic carbocycles. The van der Waals surface area contributed by atoms with E-state index in [-0.39, 0.29) is 11.9 Å². The molecule has 2 saturated heterocycles. The average Bonchev–Trinajstić information content (AvgIpc) is 3.26. The van der Waals surface area contributed by atoms with Crippen LogP contribution in [0.25, 0.3) is 5.65 Å². The van der Waals surface area contributed by atoms with E-state index in [1.807, 2.05) is 24.4 Å². The first kappa shape index (κ1) is 18.5. The third-order valence-electron chi connectivity index (χ3n) is 7.01. The Hall–Kier alpha value is -2.48. The number of nitrogens with zero attached hydrogens (tertiary/aromatic N) is 5. The quantitative estimate of drug-likeness (QED) is 0.806. The molecular formula is C21H28N6O2. The molecule has 1 spiro atoms. The maximum atomic E-state index is 13.1. The third kappa shape index (κ3) is 3.19. The lowest BCUT2D eigenvalue weighted by atomic mass is 9.77. The van der Waals surface area contributed by atoms with E-state index in [2.05, 4.69) is 31.7 Å². The Labute approximate surface area is 170 Å². The fraction of sp³-hybridized carbons (Fsp3) is 0.619. The molecule has 0 bridgehead atoms. The van der Waals surface area contributed by atoms with E-state index in [1.165, 1.54) is 4.90 Å². The lowest BCUT2D eigenvalue weighted by Crippen LogP contribution is -2.50. The van der Waals surface area contributed by atoms with E-state index < -0.39 is 5.54 Å². The summed E-state index contributed by atoms with van der Waals surface area (Å²) < 4.78 is 2.06. The molecule has 0 aromatic carbocycles. The zero-order chi connectivity index (χ0) is 20.0. The molecule has 2 aromatic heterocycles. The van der Waals surface area contributed by atoms with Gasteiger partial charge >= 0.3 is 6.03 Å². The highest BCUT2D eigenvalue weighted by molar-refractivity contribution is 6.07. The van der Waals surface area contributed by atoms with Gasteiger partial charge in [0.15, 0.2) is 5.65 Å². The van der Waals surface area contributed by atoms with Crippen LogP contribution in [0.5, 0.6) is 0 Å². The van der Waals surface area contributed by atoms with Gasteiger partial charge in [-0.2, -0.15) is 0 Å². The number of aromatic nitrogens is 3. The number of hydrogen-bond acceptors (Lipinski definition) is 5. The molecule has 29 heavy (non-hydrogen) atoms. The topological polar surface area (TPSA) is 82.8 Å². The smallest absolute Gasteiger partial charge is 0.323 e. The summed E-state index contributed by atoms with van der Waals surface area (Å²) in [4.78, 5) is 29.3. The first-order valence-corrected chi connectivity index (χ1v) is 10.7. The van der Waals surface area contributed by atoms with Crippen molar-refractivity contribution in [1.29, 1.82) is 0 Å². The molecule has 5 rings (SSSR count). The van der Waals surface area contributed by atoms with Crippen LogP contribution in [0.2, 0.25) is 0 Å². The predicted octanol–water partition coefficient (Wildman–Crippen LogP) is 2.37. The van der Waals surface area contributed by atoms with Crippen LogP contribution in [-0.2, 0) is 4.79 Å². The molecule has 1 saturated carbocycles. The van der Waals surface area contributed by atoms with Crippen LogP contribution >= 0.6 is 0 Å². The van der Waals surface area contributed by atoms with Crippen molar-refractivity contribution in [2.75, 3.05) is 19.8 Å². The van der Waals surface area contributed by atoms with E-state index in [9.17, 15) is 9.59 Å². The number of nitrogens with one attached hydrogen (secondary N) is 1. The van der Waals surface area contributed by atoms with Gasteiger partial charge in [0, 0.05) is 25.2 Å². The Kier molecular flexibility index (Phi) is 4.53. The van der Waals surface area contributed by atoms with Crippen LogP contribution in [-0.4, -0.2) is 61.6 Å². The van der Waals surface area contributed by atoms with E-state index in [1.54, 1.807) is 0 Å². The van der Waals surface area contributed by atoms with Crippen molar-refractivity contribution in [3.05, 3.63) is 30.2 Å². The van der Waals surface area contributed by atoms with E-state index in [0.717, 1.165) is 63.1 Å². The minimum Gasteiger partial charge on any atom is -0.323 e. The summed E-state index contributed by atoms with van der Waals surface area (Å²) in [6.07, 6.45) is 7.42. The summed E-state index contributed by atoms with van der Waals surface area (Å²) >= 11 is 0. The lowest BCUT2D eigenvalue weighted by Gasteiger charge is -2.35. The number of amides is 3. The Bertz CT molecular complexity index is 924. The van der Waals surface area contributed by atoms with Crippen molar-refractivity contribution < 1.29 is 9.59 Å². The van der Waals surface area contributed by atoms with Crippen LogP contribution in [0.3, 0.4) is 0 Å². The normalized spacial score (nSPS) is 29.1. The number of piperidine rings is 1. The first-order valence-electron chi connectivity index (χ1n) is 10.7. The highest BCUT2D eigenvalue weighted by atomic mass is 16.2. The van der Waals surface area contributed by atoms with Gasteiger partial charge in [0.2, 0.25) is 0 Å². The zero-order valence-corrected chi connectivity index (χ0v) is 16.9. The fourth-order valence-electron chi connectivity index (χ4n) is 5.07. The number of pyridine rings is 1. The Morgan fingerprint density at radius 3 is 2.62 bits per heavy atom. The summed E-state index contributed by atoms with van der Waals surface area (Å²) in [5.41, 5.74) is 0.221. The first-order chi connectivity index (χ1) is 14.1. The molecule has 4 heterocycles. The number of carbonyl (C=O) groups excluding carboxylic acids is 2. The summed E-state index contributed by atoms with van der Waals surface area (Å²) in [7, 11) is 0. The Balaban J connectivity index is 1.22. The molecule has 3 aliphatic rings. The highest BCUT2D eigenvalue weighted by Gasteiger charge is 2.52. The number of hydrogen-bond donors (Lipinski definition) is 1. The molecule has 1 N–H and O–H groups in total. The van der Waals surface area contributed by atoms with E-state index in [0.29, 0.717) is 18.5 Å². The van der Waals surface area contributed by atoms with Gasteiger partial charge in [0.05, 0.1) is 6.67 Å². The second-order valence-electron chi connectivity index (χ2n) is 8.95. The molecule has 8 nitrogen and oxygen atoms in total. The maximum Gasteiger partial charge on any atom is 0.326 e. The van der Waals surface area contributed by atoms with Crippen LogP contribution in [0, 0.1) is 5.92 Å². The van der Waals surface area contributed by atoms with Crippen molar-refractivity contribution in [3.63, 3.8) is 0 Å². The summed E-state index contributed by atoms with van der Waals surface area (Å²) in [5, 5.41) is 11.7. The molecular weight excluding hydrogens is 368 g/mol. The maximum absolute atomic E-state index is 13.1. The largest absolute Gasteiger partial charge is 0.326 e. The van der Waals surface area contributed by atoms with Gasteiger partial charge in [-0.25, -0.2) is 9.69 Å². The number of fused-ring (bicyclic) bond motifs is 1. The van der Waals surface area contributed by atoms with Gasteiger partial charge in [-0.1, -0.05) is 13.0 Å². The standard InChI is InChI=1S/C21H28N6O2/c1-15-5-9-21(10-6-15)19(28)27(20(29)22-21)14-25-12-7-16(8-13-25)18-24-23-17-4-2-3-11-26(17)18/h2-4,11,15-16H,5-10,12-14H2,1H3,(H,22,29). The molecule has 0 unspecified atom stereocenters. The number of likely N-dealkylation sites (tertiary alicyclic amines) is 1. The Morgan fingerprint density at radius 1 is 1.10 bits per heavy atom. The van der Waals surface area contributed by atoms with Crippen molar-refractivity contribution in [2.24, 2.45) is 5.92 Å². The second-order valence-corrected chi connectivity index (χ2v) is 8.95. The molecule has 0 atom stereocenters. The van der Waals surface area contributed by atoms with Gasteiger partial charge in [-0.15, -0.1) is 10.2 Å². The van der Waals surface area contributed by atoms with Crippen molar-refractivity contribution in [1.82, 2.24) is 29.7 Å². The van der Waals surface area contributed by atoms with Crippen LogP contribution in [0.1, 0.15) is 57.2 Å². The van der Waals surface area contributed by atoms with Gasteiger partial charge in [-0.3, -0.25) is 14.1 Å². The van der Waals surface area contributed by atoms with Gasteiger partial charge in [0.1, 0.15) is 11.4 Å². The zero-order valence-electron chi connectivity index (χ0n) is 16.9. The fourth-order valence-corrected chi connectivity index (χ4v) is 5.07. The van der Waals surface area contributed by atoms with Crippen LogP contribution in [0.15, 0.2) is 24.4 Å². The molecule has 2 aromatic rings. The van der Waals surface area contributed by atoms with Crippen molar-refractivity contribution in [2.45, 2.75) is 56.9 Å². The lowest BCUT2D eigenvalue weighted by molar-refractivity contribution is -0.134. The molecule has 8 heteroatoms. The van der Waals surface area contributed by atoms with Crippen molar-refractivity contribution >= 4 is 17.6 Å². The minimum absolute atomic E-state index is 0.0278. The van der Waals surface area contributed by atoms with E-state index in [4.69, 9.17) is 0 Å². The number of urea groups is 1. The SMILES string of the molecule is CC1CCC2(CC1)NC(=O)N(CN1CCC(c3nnc4ccccn34)CC1)C2=O. The van der Waals surface area contributed by atoms with E-state index >= 15 is 0 Å². The summed E-state index contributed by atoms with van der Waals surface area (Å²) in [6.45, 7) is 4.28. The third-order valence-corrected chi connectivity index (χ3v) is 7.01. The van der Waals surface area contributed by atoms with Gasteiger partial charge in [0.25, 0.3) is 5.91 Å². The molecule has 3 amide bonds. The average molecular weight is 396 g/mol. The van der Waals surface area contributed by atoms with Crippen molar-refractivity contribution in [3.8, 4) is 0 Å². The minimum atomic E-state index is -0.650. The summed E-state index contributed by atoms with van der Waals surface area (Å²) in [6, 6.07) is 5.70. The monoisotopic (exact) mass is 396 g/mol. The van der Waals surface area contributed by atoms with Crippen LogP contribution < -0.4 is 5.32 Å². The number of carbonyl (C=O) groups is 2.